The van der Waals surface area contributed by atoms with Crippen molar-refractivity contribution < 1.29 is 9.90 Å². The molecule has 8 nitrogen and oxygen atoms in total. The van der Waals surface area contributed by atoms with Crippen molar-refractivity contribution in [3.05, 3.63) is 90.0 Å². The van der Waals surface area contributed by atoms with Crippen molar-refractivity contribution in [2.75, 3.05) is 16.4 Å². The number of nitrogens with zero attached hydrogens (tertiary/aromatic N) is 3. The molecule has 0 radical (unpaired) electrons. The number of anilines is 4. The van der Waals surface area contributed by atoms with Crippen LogP contribution in [0.3, 0.4) is 0 Å². The van der Waals surface area contributed by atoms with Gasteiger partial charge in [0.15, 0.2) is 0 Å². The van der Waals surface area contributed by atoms with Crippen LogP contribution in [-0.2, 0) is 11.2 Å². The molecule has 0 saturated carbocycles. The summed E-state index contributed by atoms with van der Waals surface area (Å²) in [4.78, 5) is 23.5. The van der Waals surface area contributed by atoms with Crippen molar-refractivity contribution in [2.24, 2.45) is 0 Å². The van der Waals surface area contributed by atoms with Gasteiger partial charge in [0.1, 0.15) is 18.0 Å². The molecule has 4 aromatic rings. The predicted octanol–water partition coefficient (Wildman–Crippen LogP) is 4.35. The van der Waals surface area contributed by atoms with Crippen LogP contribution in [-0.4, -0.2) is 26.0 Å². The van der Waals surface area contributed by atoms with E-state index in [4.69, 9.17) is 10.8 Å². The Bertz CT molecular complexity index is 1440. The lowest BCUT2D eigenvalue weighted by Crippen LogP contribution is -1.98. The second-order valence-electron chi connectivity index (χ2n) is 7.57. The number of nitrogens with one attached hydrogen (secondary N) is 2. The number of nitrogens with two attached hydrogens (primary N) is 1. The Morgan fingerprint density at radius 2 is 1.85 bits per heavy atom. The summed E-state index contributed by atoms with van der Waals surface area (Å²) in [5.74, 6) is 4.81. The number of aliphatic carboxylic acids is 1. The van der Waals surface area contributed by atoms with Gasteiger partial charge in [0.2, 0.25) is 0 Å². The van der Waals surface area contributed by atoms with Gasteiger partial charge in [-0.2, -0.15) is 0 Å². The van der Waals surface area contributed by atoms with Crippen LogP contribution in [0.4, 0.5) is 23.0 Å². The molecule has 0 unspecified atom stereocenters. The van der Waals surface area contributed by atoms with Gasteiger partial charge < -0.3 is 21.5 Å². The molecule has 2 aromatic heterocycles. The number of carbonyl (C=O) groups is 1. The minimum atomic E-state index is -1.16. The summed E-state index contributed by atoms with van der Waals surface area (Å²) in [6.45, 7) is 1.72. The van der Waals surface area contributed by atoms with Gasteiger partial charge in [-0.15, -0.1) is 0 Å². The number of benzene rings is 2. The molecule has 0 spiro atoms. The third-order valence-electron chi connectivity index (χ3n) is 4.91. The van der Waals surface area contributed by atoms with Crippen LogP contribution in [0.5, 0.6) is 0 Å². The number of fused-ring (bicyclic) bond motifs is 1. The molecule has 0 aliphatic heterocycles. The Morgan fingerprint density at radius 1 is 1.03 bits per heavy atom. The van der Waals surface area contributed by atoms with E-state index in [2.05, 4.69) is 49.6 Å². The van der Waals surface area contributed by atoms with E-state index in [-0.39, 0.29) is 0 Å². The largest absolute Gasteiger partial charge is 0.472 e. The predicted molar refractivity (Wildman–Crippen MR) is 134 cm³/mol. The smallest absolute Gasteiger partial charge is 0.382 e. The average molecular weight is 451 g/mol. The minimum absolute atomic E-state index is 0.594. The first-order valence-corrected chi connectivity index (χ1v) is 10.5. The summed E-state index contributed by atoms with van der Waals surface area (Å²) in [7, 11) is 0. The Balaban J connectivity index is 1.43. The van der Waals surface area contributed by atoms with Gasteiger partial charge in [-0.3, -0.25) is 0 Å². The third kappa shape index (κ3) is 5.87. The lowest BCUT2D eigenvalue weighted by atomic mass is 10.1. The normalized spacial score (nSPS) is 10.9. The fourth-order valence-electron chi connectivity index (χ4n) is 3.29. The molecule has 0 aliphatic carbocycles. The fourth-order valence-corrected chi connectivity index (χ4v) is 3.29. The Labute approximate surface area is 196 Å². The van der Waals surface area contributed by atoms with Gasteiger partial charge in [0.05, 0.1) is 5.52 Å². The maximum Gasteiger partial charge on any atom is 0.382 e. The van der Waals surface area contributed by atoms with E-state index >= 15 is 0 Å². The van der Waals surface area contributed by atoms with E-state index in [0.29, 0.717) is 22.9 Å². The number of pyridine rings is 1. The number of carboxylic acid groups (broad SMARTS) is 1. The molecule has 0 aliphatic rings. The standard InChI is InChI=1S/C26H22N6O2/c1-17(2-9-25(33)34)15-29-24-13-19(10-11-28-24)12-18-3-6-21(7-4-18)32-26-22-14-20(27)5-8-23(22)30-16-31-26/h3-8,10-11,13-16H,12,27H2,1H3,(H,28,29)(H,33,34)(H,30,31,32)/b17-15-. The zero-order valence-corrected chi connectivity index (χ0v) is 18.4. The monoisotopic (exact) mass is 450 g/mol. The van der Waals surface area contributed by atoms with Crippen LogP contribution < -0.4 is 16.4 Å². The highest BCUT2D eigenvalue weighted by Crippen LogP contribution is 2.25. The number of hydrogen-bond donors (Lipinski definition) is 4. The van der Waals surface area contributed by atoms with Crippen LogP contribution in [0.25, 0.3) is 10.9 Å². The lowest BCUT2D eigenvalue weighted by Gasteiger charge is -2.10. The first kappa shape index (κ1) is 22.3. The highest BCUT2D eigenvalue weighted by atomic mass is 16.4. The van der Waals surface area contributed by atoms with E-state index in [1.165, 1.54) is 6.33 Å². The molecule has 0 bridgehead atoms. The van der Waals surface area contributed by atoms with Crippen LogP contribution in [0.15, 0.2) is 78.9 Å². The molecule has 168 valence electrons. The summed E-state index contributed by atoms with van der Waals surface area (Å²) >= 11 is 0. The molecule has 34 heavy (non-hydrogen) atoms. The third-order valence-corrected chi connectivity index (χ3v) is 4.91. The fraction of sp³-hybridized carbons (Fsp3) is 0.0769. The van der Waals surface area contributed by atoms with Crippen LogP contribution >= 0.6 is 0 Å². The van der Waals surface area contributed by atoms with Gasteiger partial charge >= 0.3 is 5.97 Å². The Kier molecular flexibility index (Phi) is 6.65. The van der Waals surface area contributed by atoms with Crippen LogP contribution in [0.1, 0.15) is 18.1 Å². The highest BCUT2D eigenvalue weighted by molar-refractivity contribution is 5.92. The van der Waals surface area contributed by atoms with E-state index in [0.717, 1.165) is 34.1 Å². The van der Waals surface area contributed by atoms with Crippen molar-refractivity contribution in [1.29, 1.82) is 0 Å². The van der Waals surface area contributed by atoms with Gasteiger partial charge in [0.25, 0.3) is 0 Å². The molecular weight excluding hydrogens is 428 g/mol. The van der Waals surface area contributed by atoms with Crippen molar-refractivity contribution in [2.45, 2.75) is 13.3 Å². The summed E-state index contributed by atoms with van der Waals surface area (Å²) in [5.41, 5.74) is 11.1. The summed E-state index contributed by atoms with van der Waals surface area (Å²) in [6, 6.07) is 17.6. The van der Waals surface area contributed by atoms with E-state index in [1.54, 1.807) is 19.3 Å². The minimum Gasteiger partial charge on any atom is -0.472 e. The van der Waals surface area contributed by atoms with Gasteiger partial charge in [-0.1, -0.05) is 18.1 Å². The van der Waals surface area contributed by atoms with Crippen molar-refractivity contribution in [3.8, 4) is 11.8 Å². The molecule has 0 fully saturated rings. The molecule has 2 aromatic carbocycles. The second kappa shape index (κ2) is 10.1. The molecule has 0 saturated heterocycles. The van der Waals surface area contributed by atoms with Crippen LogP contribution in [0, 0.1) is 11.8 Å². The number of aromatic nitrogens is 3. The molecule has 8 heteroatoms. The van der Waals surface area contributed by atoms with Crippen molar-refractivity contribution in [1.82, 2.24) is 15.0 Å². The van der Waals surface area contributed by atoms with Crippen LogP contribution in [0.2, 0.25) is 0 Å². The zero-order valence-electron chi connectivity index (χ0n) is 18.4. The lowest BCUT2D eigenvalue weighted by molar-refractivity contribution is -0.130. The summed E-state index contributed by atoms with van der Waals surface area (Å²) < 4.78 is 0. The Morgan fingerprint density at radius 3 is 2.65 bits per heavy atom. The number of allylic oxidation sites excluding steroid dienone is 1. The molecule has 4 rings (SSSR count). The van der Waals surface area contributed by atoms with Gasteiger partial charge in [-0.05, 0) is 66.9 Å². The molecule has 0 atom stereocenters. The second-order valence-corrected chi connectivity index (χ2v) is 7.57. The molecule has 2 heterocycles. The van der Waals surface area contributed by atoms with E-state index in [1.807, 2.05) is 42.5 Å². The first-order valence-electron chi connectivity index (χ1n) is 10.5. The van der Waals surface area contributed by atoms with E-state index in [9.17, 15) is 4.79 Å². The van der Waals surface area contributed by atoms with Crippen molar-refractivity contribution >= 4 is 39.9 Å². The van der Waals surface area contributed by atoms with Crippen molar-refractivity contribution in [3.63, 3.8) is 0 Å². The molecule has 0 amide bonds. The van der Waals surface area contributed by atoms with E-state index < -0.39 is 5.97 Å². The molecule has 5 N–H and O–H groups in total. The topological polar surface area (TPSA) is 126 Å². The summed E-state index contributed by atoms with van der Waals surface area (Å²) in [5, 5.41) is 15.9. The van der Waals surface area contributed by atoms with Gasteiger partial charge in [-0.25, -0.2) is 19.7 Å². The Hall–Kier alpha value is -4.90. The maximum absolute atomic E-state index is 10.5. The SMILES string of the molecule is C/C(C#CC(=O)O)=C/Nc1cc(Cc2ccc(Nc3ncnc4ccc(N)cc34)cc2)ccn1. The number of carboxylic acids is 1. The maximum atomic E-state index is 10.5. The number of rotatable bonds is 6. The average Bonchev–Trinajstić information content (AvgIpc) is 2.83. The number of nitrogen functional groups attached to an aromatic ring is 1. The first-order chi connectivity index (χ1) is 16.5. The highest BCUT2D eigenvalue weighted by Gasteiger charge is 2.05. The number of hydrogen-bond acceptors (Lipinski definition) is 7. The summed E-state index contributed by atoms with van der Waals surface area (Å²) in [6.07, 6.45) is 5.62. The zero-order chi connectivity index (χ0) is 23.9. The molecular formula is C26H22N6O2. The van der Waals surface area contributed by atoms with Gasteiger partial charge in [0, 0.05) is 40.7 Å². The quantitative estimate of drug-likeness (QED) is 0.252.